The normalized spacial score (nSPS) is 15.2. The van der Waals surface area contributed by atoms with Crippen molar-refractivity contribution < 1.29 is 22.7 Å². The minimum Gasteiger partial charge on any atom is -0.493 e. The minimum atomic E-state index is -4.32. The van der Waals surface area contributed by atoms with Crippen LogP contribution >= 0.6 is 0 Å². The summed E-state index contributed by atoms with van der Waals surface area (Å²) in [5.41, 5.74) is 2.99. The van der Waals surface area contributed by atoms with Crippen LogP contribution in [0.25, 0.3) is 0 Å². The summed E-state index contributed by atoms with van der Waals surface area (Å²) in [6.07, 6.45) is 6.65. The van der Waals surface area contributed by atoms with Crippen LogP contribution in [0.1, 0.15) is 34.8 Å². The van der Waals surface area contributed by atoms with Gasteiger partial charge in [0.25, 0.3) is 5.91 Å². The third-order valence-electron chi connectivity index (χ3n) is 5.32. The van der Waals surface area contributed by atoms with E-state index in [-0.39, 0.29) is 11.6 Å². The maximum absolute atomic E-state index is 12.4. The Morgan fingerprint density at radius 3 is 2.72 bits per heavy atom. The van der Waals surface area contributed by atoms with Crippen LogP contribution < -0.4 is 10.1 Å². The number of benzene rings is 1. The molecule has 0 atom stereocenters. The van der Waals surface area contributed by atoms with Crippen molar-refractivity contribution >= 4 is 23.7 Å². The highest BCUT2D eigenvalue weighted by Crippen LogP contribution is 2.26. The van der Waals surface area contributed by atoms with E-state index < -0.39 is 11.7 Å². The fourth-order valence-corrected chi connectivity index (χ4v) is 3.29. The average Bonchev–Trinajstić information content (AvgIpc) is 3.16. The van der Waals surface area contributed by atoms with Gasteiger partial charge < -0.3 is 10.1 Å². The number of aryl methyl sites for hydroxylation is 1. The van der Waals surface area contributed by atoms with Gasteiger partial charge in [-0.3, -0.25) is 14.8 Å². The highest BCUT2D eigenvalue weighted by atomic mass is 19.4. The van der Waals surface area contributed by atoms with Gasteiger partial charge in [-0.05, 0) is 61.7 Å². The maximum Gasteiger partial charge on any atom is 0.412 e. The molecule has 1 amide bonds. The Morgan fingerprint density at radius 1 is 1.22 bits per heavy atom. The number of amides is 1. The summed E-state index contributed by atoms with van der Waals surface area (Å²) in [5, 5.41) is 2.79. The summed E-state index contributed by atoms with van der Waals surface area (Å²) >= 11 is 0. The summed E-state index contributed by atoms with van der Waals surface area (Å²) in [6.45, 7) is 3.68. The molecule has 0 aliphatic carbocycles. The standard InChI is InChI=1S/C15H14N2O2.C12H13F3N2/c1-10-2-5-14(16-9-10)17-15(18)12-3-4-13-11(8-12)6-7-19-13;1-9(12(13,14)15)7-11(16-2)10-5-3-4-6-17-8-10/h2-5,8-9H,6-7H2,1H3,(H,16,17,18);4-8H,3H2,1-2H3/b;9-7+,16-11?. The first-order valence-corrected chi connectivity index (χ1v) is 11.3. The number of pyridine rings is 1. The molecule has 6 nitrogen and oxygen atoms in total. The van der Waals surface area contributed by atoms with Crippen LogP contribution in [0.5, 0.6) is 5.75 Å². The Hall–Kier alpha value is -4.01. The third-order valence-corrected chi connectivity index (χ3v) is 5.32. The predicted molar refractivity (Wildman–Crippen MR) is 136 cm³/mol. The van der Waals surface area contributed by atoms with Gasteiger partial charge in [-0.25, -0.2) is 4.98 Å². The first kappa shape index (κ1) is 26.6. The topological polar surface area (TPSA) is 75.9 Å². The monoisotopic (exact) mass is 496 g/mol. The van der Waals surface area contributed by atoms with Gasteiger partial charge >= 0.3 is 6.18 Å². The molecule has 2 aromatic rings. The van der Waals surface area contributed by atoms with E-state index in [4.69, 9.17) is 4.74 Å². The van der Waals surface area contributed by atoms with Crippen LogP contribution in [0, 0.1) is 6.92 Å². The Morgan fingerprint density at radius 2 is 2.03 bits per heavy atom. The molecule has 0 bridgehead atoms. The van der Waals surface area contributed by atoms with Gasteiger partial charge in [0.15, 0.2) is 0 Å². The molecule has 2 aliphatic rings. The fourth-order valence-electron chi connectivity index (χ4n) is 3.29. The Labute approximate surface area is 208 Å². The number of nitrogens with one attached hydrogen (secondary N) is 1. The van der Waals surface area contributed by atoms with Crippen molar-refractivity contribution in [2.75, 3.05) is 19.0 Å². The van der Waals surface area contributed by atoms with Gasteiger partial charge in [0.05, 0.1) is 12.3 Å². The third kappa shape index (κ3) is 7.49. The average molecular weight is 497 g/mol. The van der Waals surface area contributed by atoms with Crippen LogP contribution in [-0.4, -0.2) is 42.6 Å². The van der Waals surface area contributed by atoms with Gasteiger partial charge in [0.2, 0.25) is 0 Å². The molecule has 0 saturated heterocycles. The molecule has 0 spiro atoms. The molecule has 1 aromatic heterocycles. The van der Waals surface area contributed by atoms with E-state index in [2.05, 4.69) is 20.3 Å². The van der Waals surface area contributed by atoms with Crippen LogP contribution in [0.3, 0.4) is 0 Å². The highest BCUT2D eigenvalue weighted by Gasteiger charge is 2.30. The summed E-state index contributed by atoms with van der Waals surface area (Å²) < 4.78 is 42.6. The van der Waals surface area contributed by atoms with Crippen molar-refractivity contribution in [3.63, 3.8) is 0 Å². The molecule has 0 unspecified atom stereocenters. The largest absolute Gasteiger partial charge is 0.493 e. The molecule has 9 heteroatoms. The summed E-state index contributed by atoms with van der Waals surface area (Å²) in [6, 6.07) is 9.21. The van der Waals surface area contributed by atoms with Crippen molar-refractivity contribution in [2.24, 2.45) is 9.98 Å². The molecular formula is C27H27F3N4O2. The molecule has 0 radical (unpaired) electrons. The maximum atomic E-state index is 12.4. The zero-order valence-electron chi connectivity index (χ0n) is 20.3. The number of alkyl halides is 3. The summed E-state index contributed by atoms with van der Waals surface area (Å²) in [5.74, 6) is 1.29. The van der Waals surface area contributed by atoms with Crippen LogP contribution in [0.15, 0.2) is 82.1 Å². The van der Waals surface area contributed by atoms with E-state index in [0.717, 1.165) is 36.3 Å². The SMILES string of the molecule is CN=C(/C=C(\C)C(F)(F)F)C1=CCC=CN=C1.Cc1ccc(NC(=O)c2ccc3c(c2)CCO3)nc1. The van der Waals surface area contributed by atoms with Crippen molar-refractivity contribution in [3.05, 3.63) is 88.8 Å². The number of aliphatic imine (C=N–C) groups is 2. The van der Waals surface area contributed by atoms with E-state index in [9.17, 15) is 18.0 Å². The van der Waals surface area contributed by atoms with Gasteiger partial charge in [-0.15, -0.1) is 0 Å². The van der Waals surface area contributed by atoms with E-state index in [1.807, 2.05) is 31.2 Å². The number of fused-ring (bicyclic) bond motifs is 1. The second-order valence-electron chi connectivity index (χ2n) is 8.09. The van der Waals surface area contributed by atoms with Gasteiger partial charge in [-0.1, -0.05) is 18.2 Å². The summed E-state index contributed by atoms with van der Waals surface area (Å²) in [7, 11) is 1.46. The first-order valence-electron chi connectivity index (χ1n) is 11.3. The number of hydrogen-bond donors (Lipinski definition) is 1. The smallest absolute Gasteiger partial charge is 0.412 e. The molecule has 36 heavy (non-hydrogen) atoms. The van der Waals surface area contributed by atoms with Crippen LogP contribution in [0.2, 0.25) is 0 Å². The molecule has 0 fully saturated rings. The number of halogens is 3. The van der Waals surface area contributed by atoms with Gasteiger partial charge in [-0.2, -0.15) is 13.2 Å². The zero-order valence-corrected chi connectivity index (χ0v) is 20.3. The van der Waals surface area contributed by atoms with Crippen molar-refractivity contribution in [2.45, 2.75) is 32.9 Å². The first-order chi connectivity index (χ1) is 17.2. The molecular weight excluding hydrogens is 469 g/mol. The number of anilines is 1. The number of ether oxygens (including phenoxy) is 1. The number of carbonyl (C=O) groups excluding carboxylic acids is 1. The molecule has 2 aliphatic heterocycles. The van der Waals surface area contributed by atoms with Crippen molar-refractivity contribution in [1.82, 2.24) is 4.98 Å². The zero-order chi connectivity index (χ0) is 26.1. The summed E-state index contributed by atoms with van der Waals surface area (Å²) in [4.78, 5) is 24.1. The number of rotatable bonds is 4. The molecule has 1 N–H and O–H groups in total. The lowest BCUT2D eigenvalue weighted by atomic mass is 10.1. The second-order valence-corrected chi connectivity index (χ2v) is 8.09. The number of allylic oxidation sites excluding steroid dienone is 5. The molecule has 3 heterocycles. The van der Waals surface area contributed by atoms with Crippen LogP contribution in [-0.2, 0) is 6.42 Å². The highest BCUT2D eigenvalue weighted by molar-refractivity contribution is 6.21. The van der Waals surface area contributed by atoms with E-state index >= 15 is 0 Å². The number of aromatic nitrogens is 1. The quantitative estimate of drug-likeness (QED) is 0.523. The number of nitrogens with zero attached hydrogens (tertiary/aromatic N) is 3. The van der Waals surface area contributed by atoms with E-state index in [0.29, 0.717) is 30.0 Å². The van der Waals surface area contributed by atoms with Crippen molar-refractivity contribution in [3.8, 4) is 5.75 Å². The lowest BCUT2D eigenvalue weighted by Gasteiger charge is -2.07. The van der Waals surface area contributed by atoms with Gasteiger partial charge in [0.1, 0.15) is 11.6 Å². The lowest BCUT2D eigenvalue weighted by Crippen LogP contribution is -2.13. The molecule has 0 saturated carbocycles. The van der Waals surface area contributed by atoms with Crippen molar-refractivity contribution in [1.29, 1.82) is 0 Å². The van der Waals surface area contributed by atoms with E-state index in [1.54, 1.807) is 30.6 Å². The molecule has 4 rings (SSSR count). The van der Waals surface area contributed by atoms with Crippen LogP contribution in [0.4, 0.5) is 19.0 Å². The lowest BCUT2D eigenvalue weighted by molar-refractivity contribution is -0.0912. The second kappa shape index (κ2) is 12.1. The predicted octanol–water partition coefficient (Wildman–Crippen LogP) is 6.06. The Kier molecular flexibility index (Phi) is 8.94. The Bertz CT molecular complexity index is 1240. The minimum absolute atomic E-state index is 0.147. The fraction of sp³-hybridized carbons (Fsp3) is 0.259. The van der Waals surface area contributed by atoms with Gasteiger partial charge in [0, 0.05) is 48.8 Å². The number of carbonyl (C=O) groups is 1. The van der Waals surface area contributed by atoms with E-state index in [1.165, 1.54) is 13.3 Å². The number of hydrogen-bond acceptors (Lipinski definition) is 5. The molecule has 188 valence electrons. The molecule has 1 aromatic carbocycles. The Balaban J connectivity index is 0.000000202.